The predicted octanol–water partition coefficient (Wildman–Crippen LogP) is 3.98. The minimum atomic E-state index is -5.72. The Morgan fingerprint density at radius 3 is 1.09 bits per heavy atom. The van der Waals surface area contributed by atoms with Crippen LogP contribution in [0.1, 0.15) is 88.0 Å². The van der Waals surface area contributed by atoms with Gasteiger partial charge < -0.3 is 52.1 Å². The van der Waals surface area contributed by atoms with Crippen LogP contribution in [0.2, 0.25) is 0 Å². The van der Waals surface area contributed by atoms with Crippen LogP contribution in [0, 0.1) is 0 Å². The first kappa shape index (κ1) is 69.2. The quantitative estimate of drug-likeness (QED) is 0.0277. The van der Waals surface area contributed by atoms with Crippen LogP contribution in [0.3, 0.4) is 0 Å². The van der Waals surface area contributed by atoms with E-state index < -0.39 is 183 Å². The summed E-state index contributed by atoms with van der Waals surface area (Å²) in [4.78, 5) is 94.8. The molecule has 39 heteroatoms. The maximum atomic E-state index is 15.1. The lowest BCUT2D eigenvalue weighted by Crippen LogP contribution is -2.74. The molecule has 0 bridgehead atoms. The molecule has 7 atom stereocenters. The van der Waals surface area contributed by atoms with E-state index in [0.29, 0.717) is 6.42 Å². The van der Waals surface area contributed by atoms with Crippen LogP contribution in [0.15, 0.2) is 0 Å². The van der Waals surface area contributed by atoms with Gasteiger partial charge in [0.05, 0.1) is 0 Å². The van der Waals surface area contributed by atoms with Gasteiger partial charge >= 0.3 is 79.0 Å². The number of rotatable bonds is 38. The topological polar surface area (TPSA) is 417 Å². The fourth-order valence-corrected chi connectivity index (χ4v) is 10.4. The molecule has 0 N–H and O–H groups in total. The molecular formula is C38H62O35P4. The Kier molecular flexibility index (Phi) is 30.8. The highest BCUT2D eigenvalue weighted by Crippen LogP contribution is 2.64. The number of ether oxygens (including phenoxy) is 11. The molecule has 2 fully saturated rings. The van der Waals surface area contributed by atoms with Gasteiger partial charge in [0, 0.05) is 68.6 Å². The summed E-state index contributed by atoms with van der Waals surface area (Å²) in [6.45, 7) is -2.61. The summed E-state index contributed by atoms with van der Waals surface area (Å²) in [5.74, 6) is -8.08. The monoisotopic (exact) mass is 1200 g/mol. The van der Waals surface area contributed by atoms with Crippen molar-refractivity contribution in [3.63, 3.8) is 0 Å². The first-order chi connectivity index (χ1) is 36.1. The Balaban J connectivity index is 3.35. The Morgan fingerprint density at radius 2 is 0.740 bits per heavy atom. The molecule has 1 saturated carbocycles. The average Bonchev–Trinajstić information content (AvgIpc) is 3.30. The van der Waals surface area contributed by atoms with Gasteiger partial charge in [-0.3, -0.25) is 61.0 Å². The van der Waals surface area contributed by atoms with Crippen LogP contribution < -0.4 is 0 Å². The highest BCUT2D eigenvalue weighted by Gasteiger charge is 2.69. The van der Waals surface area contributed by atoms with E-state index in [1.165, 1.54) is 0 Å². The van der Waals surface area contributed by atoms with Crippen LogP contribution in [0.5, 0.6) is 0 Å². The van der Waals surface area contributed by atoms with Crippen molar-refractivity contribution in [3.8, 4) is 0 Å². The zero-order valence-electron chi connectivity index (χ0n) is 43.1. The van der Waals surface area contributed by atoms with Gasteiger partial charge in [0.2, 0.25) is 47.6 Å². The molecule has 0 radical (unpaired) electrons. The smallest absolute Gasteiger partial charge is 0.439 e. The van der Waals surface area contributed by atoms with E-state index in [4.69, 9.17) is 106 Å². The molecule has 0 aromatic carbocycles. The van der Waals surface area contributed by atoms with Gasteiger partial charge in [-0.05, 0) is 19.3 Å². The number of phosphoric acid groups is 4. The molecule has 0 amide bonds. The molecule has 2 rings (SSSR count). The number of carbonyl (C=O) groups excluding carboxylic acids is 8. The molecule has 0 aromatic heterocycles. The minimum absolute atomic E-state index is 0.0828. The fourth-order valence-electron chi connectivity index (χ4n) is 5.93. The largest absolute Gasteiger partial charge is 0.481 e. The molecule has 444 valence electrons. The third kappa shape index (κ3) is 26.3. The van der Waals surface area contributed by atoms with E-state index in [-0.39, 0.29) is 26.1 Å². The van der Waals surface area contributed by atoms with Crippen molar-refractivity contribution in [1.82, 2.24) is 0 Å². The third-order valence-corrected chi connectivity index (χ3v) is 14.4. The summed E-state index contributed by atoms with van der Waals surface area (Å²) in [7, 11) is -22.6. The standard InChI is InChI=1S/C38H62O35P4/c1-10-11-15-61-38-13-12-14-52-36(38)34(71-76(49,66-21-57-29(6)43)67-22-58-30(7)44)33(70-75(48,64-19-55-27(4)41)65-20-56-28(5)42)35(37(38)73-77(50,68-23-59-31(8)45)69-24-60-32(9)46)72-74(47,63-18-54-26(3)40)62-17-51-16-53-25(2)39/h33-37H,10-24H2,1-9H3/t33-,34-,35+,36-,37-,38-,74?/m1/s1. The Morgan fingerprint density at radius 1 is 0.429 bits per heavy atom. The number of phosphoric ester groups is 4. The normalized spacial score (nSPS) is 21.3. The van der Waals surface area contributed by atoms with E-state index >= 15 is 9.13 Å². The van der Waals surface area contributed by atoms with Gasteiger partial charge in [-0.2, -0.15) is 0 Å². The lowest BCUT2D eigenvalue weighted by molar-refractivity contribution is -0.300. The molecule has 0 aromatic rings. The Labute approximate surface area is 439 Å². The van der Waals surface area contributed by atoms with Crippen molar-refractivity contribution < 1.29 is 163 Å². The van der Waals surface area contributed by atoms with Gasteiger partial charge in [-0.25, -0.2) is 49.9 Å². The van der Waals surface area contributed by atoms with Crippen molar-refractivity contribution >= 4 is 79.0 Å². The van der Waals surface area contributed by atoms with Crippen LogP contribution in [-0.4, -0.2) is 158 Å². The predicted molar refractivity (Wildman–Crippen MR) is 240 cm³/mol. The number of unbranched alkanes of at least 4 members (excludes halogenated alkanes) is 1. The molecule has 1 unspecified atom stereocenters. The first-order valence-corrected chi connectivity index (χ1v) is 28.2. The summed E-state index contributed by atoms with van der Waals surface area (Å²) in [6, 6.07) is 0. The Bertz CT molecular complexity index is 2080. The lowest BCUT2D eigenvalue weighted by Gasteiger charge is -2.57. The van der Waals surface area contributed by atoms with Crippen molar-refractivity contribution in [2.24, 2.45) is 0 Å². The number of fused-ring (bicyclic) bond motifs is 1. The van der Waals surface area contributed by atoms with E-state index in [1.54, 1.807) is 6.92 Å². The van der Waals surface area contributed by atoms with Gasteiger partial charge in [-0.15, -0.1) is 0 Å². The van der Waals surface area contributed by atoms with E-state index in [1.807, 2.05) is 0 Å². The minimum Gasteiger partial charge on any atom is -0.439 e. The zero-order valence-corrected chi connectivity index (χ0v) is 46.6. The molecule has 1 saturated heterocycles. The molecule has 35 nitrogen and oxygen atoms in total. The lowest BCUT2D eigenvalue weighted by atomic mass is 9.71. The zero-order chi connectivity index (χ0) is 57.9. The van der Waals surface area contributed by atoms with Crippen LogP contribution in [-0.2, 0) is 163 Å². The molecule has 0 spiro atoms. The van der Waals surface area contributed by atoms with Crippen molar-refractivity contribution in [3.05, 3.63) is 0 Å². The molecule has 77 heavy (non-hydrogen) atoms. The van der Waals surface area contributed by atoms with Gasteiger partial charge in [0.25, 0.3) is 0 Å². The number of esters is 8. The van der Waals surface area contributed by atoms with Crippen molar-refractivity contribution in [2.75, 3.05) is 74.4 Å². The molecule has 1 heterocycles. The maximum absolute atomic E-state index is 15.1. The SMILES string of the molecule is CCCCO[C@]12CCCO[C@@H]1[C@H](OP(=O)(OCOC(C)=O)OCOC(C)=O)[C@@H](OP(=O)(OCOC(C)=O)OCOC(C)=O)[C@H](OP(=O)(OCOCOC(C)=O)OCOC(C)=O)[C@H]2OP(=O)(OCOC(C)=O)OCOC(C)=O. The summed E-state index contributed by atoms with van der Waals surface area (Å²) < 4.78 is 183. The van der Waals surface area contributed by atoms with E-state index in [2.05, 4.69) is 0 Å². The summed E-state index contributed by atoms with van der Waals surface area (Å²) >= 11 is 0. The second-order valence-corrected chi connectivity index (χ2v) is 21.4. The van der Waals surface area contributed by atoms with Gasteiger partial charge in [0.15, 0.2) is 13.6 Å². The van der Waals surface area contributed by atoms with Crippen LogP contribution in [0.4, 0.5) is 0 Å². The fraction of sp³-hybridized carbons (Fsp3) is 0.789. The maximum Gasteiger partial charge on any atom is 0.481 e. The summed E-state index contributed by atoms with van der Waals surface area (Å²) in [5.41, 5.74) is -2.45. The molecule has 1 aliphatic heterocycles. The van der Waals surface area contributed by atoms with E-state index in [0.717, 1.165) is 55.4 Å². The number of hydrogen-bond acceptors (Lipinski definition) is 35. The van der Waals surface area contributed by atoms with Crippen LogP contribution >= 0.6 is 31.3 Å². The summed E-state index contributed by atoms with van der Waals surface area (Å²) in [6.07, 6.45) is -12.3. The van der Waals surface area contributed by atoms with Crippen molar-refractivity contribution in [2.45, 2.75) is 124 Å². The highest BCUT2D eigenvalue weighted by molar-refractivity contribution is 7.49. The van der Waals surface area contributed by atoms with Crippen LogP contribution in [0.25, 0.3) is 0 Å². The number of carbonyl (C=O) groups is 8. The average molecular weight is 1200 g/mol. The van der Waals surface area contributed by atoms with E-state index in [9.17, 15) is 47.5 Å². The highest BCUT2D eigenvalue weighted by atomic mass is 31.2. The Hall–Kier alpha value is -3.92. The third-order valence-electron chi connectivity index (χ3n) is 9.03. The molecule has 2 aliphatic rings. The van der Waals surface area contributed by atoms with Crippen molar-refractivity contribution in [1.29, 1.82) is 0 Å². The summed E-state index contributed by atoms with van der Waals surface area (Å²) in [5, 5.41) is 0. The van der Waals surface area contributed by atoms with Gasteiger partial charge in [0.1, 0.15) is 36.1 Å². The van der Waals surface area contributed by atoms with Gasteiger partial charge in [-0.1, -0.05) is 13.3 Å². The first-order valence-electron chi connectivity index (χ1n) is 22.3. The molecule has 1 aliphatic carbocycles. The second kappa shape index (κ2) is 34.3. The number of hydrogen-bond donors (Lipinski definition) is 0. The second-order valence-electron chi connectivity index (χ2n) is 15.0. The molecular weight excluding hydrogens is 1140 g/mol.